The molecule has 1 saturated heterocycles. The summed E-state index contributed by atoms with van der Waals surface area (Å²) in [4.78, 5) is 22.9. The number of para-hydroxylation sites is 1. The number of rotatable bonds is 2. The Morgan fingerprint density at radius 1 is 1.38 bits per heavy atom. The third-order valence-corrected chi connectivity index (χ3v) is 4.72. The Balaban J connectivity index is 1.55. The molecule has 0 spiro atoms. The van der Waals surface area contributed by atoms with Gasteiger partial charge in [0.2, 0.25) is 6.39 Å². The molecule has 1 aromatic carbocycles. The quantitative estimate of drug-likeness (QED) is 0.726. The highest BCUT2D eigenvalue weighted by Crippen LogP contribution is 2.28. The van der Waals surface area contributed by atoms with Crippen LogP contribution in [0.25, 0.3) is 10.2 Å². The number of hydrogen-bond donors (Lipinski definition) is 0. The van der Waals surface area contributed by atoms with Crippen molar-refractivity contribution in [2.24, 2.45) is 0 Å². The number of carbonyl (C=O) groups is 1. The van der Waals surface area contributed by atoms with E-state index in [4.69, 9.17) is 4.52 Å². The van der Waals surface area contributed by atoms with Gasteiger partial charge in [-0.05, 0) is 18.6 Å². The van der Waals surface area contributed by atoms with Gasteiger partial charge in [0.25, 0.3) is 5.91 Å². The van der Waals surface area contributed by atoms with Gasteiger partial charge in [-0.15, -0.1) is 11.3 Å². The fraction of sp³-hybridized carbons (Fsp3) is 0.286. The van der Waals surface area contributed by atoms with E-state index in [1.807, 2.05) is 29.2 Å². The third-order valence-electron chi connectivity index (χ3n) is 3.70. The average molecular weight is 300 g/mol. The second-order valence-corrected chi connectivity index (χ2v) is 6.04. The summed E-state index contributed by atoms with van der Waals surface area (Å²) in [6.45, 7) is 1.32. The molecule has 1 amide bonds. The maximum atomic E-state index is 12.5. The summed E-state index contributed by atoms with van der Waals surface area (Å²) in [5.74, 6) is 0.818. The lowest BCUT2D eigenvalue weighted by Gasteiger charge is -2.13. The van der Waals surface area contributed by atoms with Gasteiger partial charge in [-0.1, -0.05) is 17.3 Å². The highest BCUT2D eigenvalue weighted by molar-refractivity contribution is 7.20. The number of thiazole rings is 1. The van der Waals surface area contributed by atoms with Crippen molar-refractivity contribution in [1.82, 2.24) is 20.0 Å². The van der Waals surface area contributed by atoms with Crippen LogP contribution in [0.2, 0.25) is 0 Å². The van der Waals surface area contributed by atoms with Crippen LogP contribution in [0.5, 0.6) is 0 Å². The molecule has 6 nitrogen and oxygen atoms in total. The topological polar surface area (TPSA) is 72.1 Å². The number of aromatic nitrogens is 3. The summed E-state index contributed by atoms with van der Waals surface area (Å²) in [6, 6.07) is 7.79. The van der Waals surface area contributed by atoms with E-state index in [0.717, 1.165) is 16.6 Å². The molecule has 1 atom stereocenters. The van der Waals surface area contributed by atoms with Gasteiger partial charge in [-0.2, -0.15) is 4.98 Å². The predicted octanol–water partition coefficient (Wildman–Crippen LogP) is 2.31. The summed E-state index contributed by atoms with van der Waals surface area (Å²) in [5, 5.41) is 4.41. The van der Waals surface area contributed by atoms with Crippen molar-refractivity contribution < 1.29 is 9.32 Å². The molecule has 21 heavy (non-hydrogen) atoms. The molecule has 1 aliphatic heterocycles. The summed E-state index contributed by atoms with van der Waals surface area (Å²) in [5.41, 5.74) is 0.875. The first kappa shape index (κ1) is 12.5. The Morgan fingerprint density at radius 3 is 3.10 bits per heavy atom. The molecule has 106 valence electrons. The Bertz CT molecular complexity index is 750. The molecule has 3 aromatic rings. The average Bonchev–Trinajstić information content (AvgIpc) is 3.24. The van der Waals surface area contributed by atoms with Gasteiger partial charge < -0.3 is 9.42 Å². The highest BCUT2D eigenvalue weighted by Gasteiger charge is 2.31. The van der Waals surface area contributed by atoms with E-state index in [0.29, 0.717) is 23.9 Å². The molecule has 0 saturated carbocycles. The van der Waals surface area contributed by atoms with Crippen LogP contribution < -0.4 is 0 Å². The molecule has 0 N–H and O–H groups in total. The maximum Gasteiger partial charge on any atom is 0.282 e. The van der Waals surface area contributed by atoms with Crippen LogP contribution in [-0.2, 0) is 0 Å². The first-order valence-electron chi connectivity index (χ1n) is 6.72. The fourth-order valence-corrected chi connectivity index (χ4v) is 3.55. The van der Waals surface area contributed by atoms with Crippen LogP contribution in [0.1, 0.15) is 28.0 Å². The first-order valence-corrected chi connectivity index (χ1v) is 7.54. The maximum absolute atomic E-state index is 12.5. The number of hydrogen-bond acceptors (Lipinski definition) is 6. The van der Waals surface area contributed by atoms with Crippen LogP contribution in [0, 0.1) is 0 Å². The van der Waals surface area contributed by atoms with Gasteiger partial charge in [-0.25, -0.2) is 4.98 Å². The van der Waals surface area contributed by atoms with Crippen LogP contribution in [0.15, 0.2) is 35.2 Å². The molecule has 7 heteroatoms. The summed E-state index contributed by atoms with van der Waals surface area (Å²) in [6.07, 6.45) is 2.18. The second-order valence-electron chi connectivity index (χ2n) is 5.01. The molecular weight excluding hydrogens is 288 g/mol. The molecular formula is C14H12N4O2S. The van der Waals surface area contributed by atoms with Crippen molar-refractivity contribution in [2.75, 3.05) is 13.1 Å². The molecule has 2 aromatic heterocycles. The van der Waals surface area contributed by atoms with Crippen molar-refractivity contribution >= 4 is 27.5 Å². The van der Waals surface area contributed by atoms with Gasteiger partial charge in [0, 0.05) is 19.0 Å². The molecule has 0 radical (unpaired) electrons. The van der Waals surface area contributed by atoms with E-state index in [-0.39, 0.29) is 11.8 Å². The van der Waals surface area contributed by atoms with Gasteiger partial charge in [0.15, 0.2) is 10.8 Å². The van der Waals surface area contributed by atoms with Crippen molar-refractivity contribution in [3.63, 3.8) is 0 Å². The van der Waals surface area contributed by atoms with E-state index in [1.54, 1.807) is 0 Å². The predicted molar refractivity (Wildman–Crippen MR) is 77.2 cm³/mol. The highest BCUT2D eigenvalue weighted by atomic mass is 32.1. The fourth-order valence-electron chi connectivity index (χ4n) is 2.61. The van der Waals surface area contributed by atoms with Crippen molar-refractivity contribution in [2.45, 2.75) is 12.3 Å². The van der Waals surface area contributed by atoms with Crippen molar-refractivity contribution in [3.8, 4) is 0 Å². The molecule has 4 rings (SSSR count). The molecule has 3 heterocycles. The summed E-state index contributed by atoms with van der Waals surface area (Å²) < 4.78 is 5.81. The van der Waals surface area contributed by atoms with Gasteiger partial charge in [0.05, 0.1) is 10.2 Å². The summed E-state index contributed by atoms with van der Waals surface area (Å²) >= 11 is 1.44. The Hall–Kier alpha value is -2.28. The Morgan fingerprint density at radius 2 is 2.29 bits per heavy atom. The number of amides is 1. The third kappa shape index (κ3) is 2.19. The lowest BCUT2D eigenvalue weighted by Crippen LogP contribution is -2.28. The van der Waals surface area contributed by atoms with Gasteiger partial charge in [-0.3, -0.25) is 4.79 Å². The van der Waals surface area contributed by atoms with Crippen molar-refractivity contribution in [3.05, 3.63) is 41.5 Å². The first-order chi connectivity index (χ1) is 10.3. The molecule has 0 aliphatic carbocycles. The minimum Gasteiger partial charge on any atom is -0.343 e. The van der Waals surface area contributed by atoms with E-state index < -0.39 is 0 Å². The number of benzene rings is 1. The lowest BCUT2D eigenvalue weighted by molar-refractivity contribution is 0.0790. The number of carbonyl (C=O) groups excluding carboxylic acids is 1. The number of nitrogens with zero attached hydrogens (tertiary/aromatic N) is 4. The van der Waals surface area contributed by atoms with Gasteiger partial charge in [0.1, 0.15) is 0 Å². The largest absolute Gasteiger partial charge is 0.343 e. The molecule has 0 bridgehead atoms. The molecule has 1 fully saturated rings. The number of fused-ring (bicyclic) bond motifs is 1. The smallest absolute Gasteiger partial charge is 0.282 e. The molecule has 1 aliphatic rings. The normalized spacial score (nSPS) is 18.5. The number of likely N-dealkylation sites (tertiary alicyclic amines) is 1. The van der Waals surface area contributed by atoms with Crippen LogP contribution in [0.3, 0.4) is 0 Å². The van der Waals surface area contributed by atoms with Crippen LogP contribution >= 0.6 is 11.3 Å². The van der Waals surface area contributed by atoms with Crippen LogP contribution in [-0.4, -0.2) is 39.0 Å². The van der Waals surface area contributed by atoms with Crippen LogP contribution in [0.4, 0.5) is 0 Å². The van der Waals surface area contributed by atoms with E-state index in [9.17, 15) is 4.79 Å². The van der Waals surface area contributed by atoms with Gasteiger partial charge >= 0.3 is 0 Å². The van der Waals surface area contributed by atoms with E-state index in [1.165, 1.54) is 17.7 Å². The van der Waals surface area contributed by atoms with Crippen molar-refractivity contribution in [1.29, 1.82) is 0 Å². The zero-order valence-corrected chi connectivity index (χ0v) is 11.9. The second kappa shape index (κ2) is 4.92. The van der Waals surface area contributed by atoms with E-state index in [2.05, 4.69) is 15.1 Å². The zero-order valence-electron chi connectivity index (χ0n) is 11.1. The Labute approximate surface area is 124 Å². The SMILES string of the molecule is O=C(c1nc2ccccc2s1)N1CC[C@@H](c2ncon2)C1. The Kier molecular flexibility index (Phi) is 2.92. The van der Waals surface area contributed by atoms with E-state index >= 15 is 0 Å². The summed E-state index contributed by atoms with van der Waals surface area (Å²) in [7, 11) is 0. The zero-order chi connectivity index (χ0) is 14.2. The standard InChI is InChI=1S/C14H12N4O2S/c19-14(13-16-10-3-1-2-4-11(10)21-13)18-6-5-9(7-18)12-15-8-20-17-12/h1-4,8-9H,5-7H2/t9-/m1/s1. The molecule has 0 unspecified atom stereocenters. The monoisotopic (exact) mass is 300 g/mol. The minimum absolute atomic E-state index is 0.0119. The minimum atomic E-state index is -0.0119. The lowest BCUT2D eigenvalue weighted by atomic mass is 10.1.